The molecule has 0 aromatic heterocycles. The van der Waals surface area contributed by atoms with Crippen molar-refractivity contribution in [3.05, 3.63) is 94.0 Å². The number of sulfonamides is 1. The second-order valence-electron chi connectivity index (χ2n) is 7.27. The van der Waals surface area contributed by atoms with Crippen molar-refractivity contribution in [3.63, 3.8) is 0 Å². The van der Waals surface area contributed by atoms with E-state index in [0.29, 0.717) is 12.2 Å². The smallest absolute Gasteiger partial charge is 0.245 e. The molecule has 0 aliphatic rings. The summed E-state index contributed by atoms with van der Waals surface area (Å²) in [5, 5.41) is 3.05. The van der Waals surface area contributed by atoms with Gasteiger partial charge < -0.3 is 10.1 Å². The van der Waals surface area contributed by atoms with Crippen LogP contribution in [0, 0.1) is 0 Å². The summed E-state index contributed by atoms with van der Waals surface area (Å²) in [5.41, 5.74) is 1.81. The first-order chi connectivity index (χ1) is 15.8. The van der Waals surface area contributed by atoms with Gasteiger partial charge in [0.2, 0.25) is 15.9 Å². The van der Waals surface area contributed by atoms with Crippen LogP contribution in [-0.4, -0.2) is 38.8 Å². The number of benzene rings is 3. The lowest BCUT2D eigenvalue weighted by Gasteiger charge is -2.22. The molecule has 3 rings (SSSR count). The van der Waals surface area contributed by atoms with Crippen LogP contribution in [0.5, 0.6) is 5.75 Å². The number of nitrogens with zero attached hydrogens (tertiary/aromatic N) is 1. The lowest BCUT2D eigenvalue weighted by Crippen LogP contribution is -2.41. The first-order valence-electron chi connectivity index (χ1n) is 10.2. The number of carbonyl (C=O) groups excluding carboxylic acids is 1. The van der Waals surface area contributed by atoms with Gasteiger partial charge in [0.05, 0.1) is 18.7 Å². The van der Waals surface area contributed by atoms with E-state index in [2.05, 4.69) is 5.32 Å². The third-order valence-electron chi connectivity index (χ3n) is 4.97. The molecule has 0 aliphatic heterocycles. The van der Waals surface area contributed by atoms with Crippen LogP contribution in [0.2, 0.25) is 10.0 Å². The molecule has 0 radical (unpaired) electrons. The van der Waals surface area contributed by atoms with Crippen LogP contribution in [0.1, 0.15) is 11.1 Å². The maximum absolute atomic E-state index is 13.4. The Morgan fingerprint density at radius 1 is 0.970 bits per heavy atom. The van der Waals surface area contributed by atoms with Gasteiger partial charge in [-0.2, -0.15) is 4.31 Å². The summed E-state index contributed by atoms with van der Waals surface area (Å²) >= 11 is 12.2. The third-order valence-corrected chi connectivity index (χ3v) is 7.53. The average Bonchev–Trinajstić information content (AvgIpc) is 2.82. The van der Waals surface area contributed by atoms with Gasteiger partial charge in [0.25, 0.3) is 0 Å². The van der Waals surface area contributed by atoms with Gasteiger partial charge in [0, 0.05) is 18.1 Å². The monoisotopic (exact) mass is 506 g/mol. The molecule has 0 aliphatic carbocycles. The molecule has 0 saturated heterocycles. The molecule has 1 amide bonds. The van der Waals surface area contributed by atoms with E-state index >= 15 is 0 Å². The van der Waals surface area contributed by atoms with Gasteiger partial charge in [-0.1, -0.05) is 65.7 Å². The second kappa shape index (κ2) is 11.5. The quantitative estimate of drug-likeness (QED) is 0.437. The second-order valence-corrected chi connectivity index (χ2v) is 10.0. The molecule has 6 nitrogen and oxygen atoms in total. The van der Waals surface area contributed by atoms with Crippen molar-refractivity contribution >= 4 is 39.1 Å². The zero-order valence-corrected chi connectivity index (χ0v) is 20.3. The topological polar surface area (TPSA) is 75.7 Å². The van der Waals surface area contributed by atoms with Gasteiger partial charge in [-0.05, 0) is 47.9 Å². The van der Waals surface area contributed by atoms with Gasteiger partial charge in [-0.3, -0.25) is 4.79 Å². The zero-order chi connectivity index (χ0) is 23.8. The summed E-state index contributed by atoms with van der Waals surface area (Å²) < 4.78 is 33.0. The Balaban J connectivity index is 1.76. The van der Waals surface area contributed by atoms with Crippen molar-refractivity contribution in [2.75, 3.05) is 20.2 Å². The minimum absolute atomic E-state index is 0.0442. The number of rotatable bonds is 10. The summed E-state index contributed by atoms with van der Waals surface area (Å²) in [7, 11) is -2.50. The van der Waals surface area contributed by atoms with Crippen LogP contribution in [0.3, 0.4) is 0 Å². The van der Waals surface area contributed by atoms with Crippen LogP contribution in [0.4, 0.5) is 0 Å². The van der Waals surface area contributed by atoms with E-state index in [1.165, 1.54) is 18.2 Å². The van der Waals surface area contributed by atoms with Crippen LogP contribution in [-0.2, 0) is 27.8 Å². The van der Waals surface area contributed by atoms with E-state index in [9.17, 15) is 13.2 Å². The van der Waals surface area contributed by atoms with Gasteiger partial charge in [0.1, 0.15) is 10.6 Å². The molecule has 0 saturated carbocycles. The molecule has 0 heterocycles. The van der Waals surface area contributed by atoms with Crippen LogP contribution >= 0.6 is 23.2 Å². The highest BCUT2D eigenvalue weighted by molar-refractivity contribution is 7.89. The Labute approximate surface area is 204 Å². The SMILES string of the molecule is COc1ccc(CNC(=O)CN(CCc2ccccc2)S(=O)(=O)c2cc(Cl)ccc2Cl)cc1. The number of hydrogen-bond donors (Lipinski definition) is 1. The van der Waals surface area contributed by atoms with Gasteiger partial charge in [0.15, 0.2) is 0 Å². The zero-order valence-electron chi connectivity index (χ0n) is 18.0. The van der Waals surface area contributed by atoms with E-state index in [1.807, 2.05) is 42.5 Å². The minimum atomic E-state index is -4.07. The van der Waals surface area contributed by atoms with Crippen molar-refractivity contribution in [3.8, 4) is 5.75 Å². The molecule has 174 valence electrons. The lowest BCUT2D eigenvalue weighted by atomic mass is 10.1. The molecular weight excluding hydrogens is 483 g/mol. The Morgan fingerprint density at radius 2 is 1.67 bits per heavy atom. The lowest BCUT2D eigenvalue weighted by molar-refractivity contribution is -0.121. The number of hydrogen-bond acceptors (Lipinski definition) is 4. The highest BCUT2D eigenvalue weighted by atomic mass is 35.5. The van der Waals surface area contributed by atoms with Gasteiger partial charge in [-0.25, -0.2) is 8.42 Å². The van der Waals surface area contributed by atoms with E-state index in [4.69, 9.17) is 27.9 Å². The molecule has 0 atom stereocenters. The molecular formula is C24H24Cl2N2O4S. The predicted octanol–water partition coefficient (Wildman–Crippen LogP) is 4.55. The molecule has 0 spiro atoms. The molecule has 0 bridgehead atoms. The first kappa shape index (κ1) is 25.1. The van der Waals surface area contributed by atoms with Crippen molar-refractivity contribution in [2.24, 2.45) is 0 Å². The molecule has 33 heavy (non-hydrogen) atoms. The molecule has 3 aromatic rings. The summed E-state index contributed by atoms with van der Waals surface area (Å²) in [4.78, 5) is 12.6. The van der Waals surface area contributed by atoms with Crippen molar-refractivity contribution in [1.82, 2.24) is 9.62 Å². The standard InChI is InChI=1S/C24H24Cl2N2O4S/c1-32-21-10-7-19(8-11-21)16-27-24(29)17-28(14-13-18-5-3-2-4-6-18)33(30,31)23-15-20(25)9-12-22(23)26/h2-12,15H,13-14,16-17H2,1H3,(H,27,29). The number of amides is 1. The highest BCUT2D eigenvalue weighted by Gasteiger charge is 2.28. The Morgan fingerprint density at radius 3 is 2.33 bits per heavy atom. The number of ether oxygens (including phenoxy) is 1. The first-order valence-corrected chi connectivity index (χ1v) is 12.4. The van der Waals surface area contributed by atoms with Gasteiger partial charge >= 0.3 is 0 Å². The third kappa shape index (κ3) is 6.95. The normalized spacial score (nSPS) is 11.4. The maximum Gasteiger partial charge on any atom is 0.245 e. The van der Waals surface area contributed by atoms with E-state index in [0.717, 1.165) is 15.4 Å². The van der Waals surface area contributed by atoms with Crippen LogP contribution in [0.15, 0.2) is 77.7 Å². The molecule has 0 unspecified atom stereocenters. The Hall–Kier alpha value is -2.58. The fourth-order valence-corrected chi connectivity index (χ4v) is 5.29. The van der Waals surface area contributed by atoms with Gasteiger partial charge in [-0.15, -0.1) is 0 Å². The molecule has 0 fully saturated rings. The summed E-state index contributed by atoms with van der Waals surface area (Å²) in [6.45, 7) is 0.00658. The highest BCUT2D eigenvalue weighted by Crippen LogP contribution is 2.28. The minimum Gasteiger partial charge on any atom is -0.497 e. The average molecular weight is 507 g/mol. The summed E-state index contributed by atoms with van der Waals surface area (Å²) in [5.74, 6) is 0.280. The van der Waals surface area contributed by atoms with Crippen molar-refractivity contribution in [1.29, 1.82) is 0 Å². The van der Waals surface area contributed by atoms with Crippen LogP contribution < -0.4 is 10.1 Å². The Kier molecular flexibility index (Phi) is 8.74. The van der Waals surface area contributed by atoms with Crippen LogP contribution in [0.25, 0.3) is 0 Å². The van der Waals surface area contributed by atoms with E-state index in [1.54, 1.807) is 19.2 Å². The summed E-state index contributed by atoms with van der Waals surface area (Å²) in [6.07, 6.45) is 0.435. The number of halogens is 2. The Bertz CT molecular complexity index is 1190. The van der Waals surface area contributed by atoms with E-state index in [-0.39, 0.29) is 34.6 Å². The number of nitrogens with one attached hydrogen (secondary N) is 1. The number of methoxy groups -OCH3 is 1. The molecule has 3 aromatic carbocycles. The van der Waals surface area contributed by atoms with Crippen molar-refractivity contribution < 1.29 is 17.9 Å². The largest absolute Gasteiger partial charge is 0.497 e. The summed E-state index contributed by atoms with van der Waals surface area (Å²) in [6, 6.07) is 20.9. The fraction of sp³-hybridized carbons (Fsp3) is 0.208. The van der Waals surface area contributed by atoms with Crippen molar-refractivity contribution in [2.45, 2.75) is 17.9 Å². The fourth-order valence-electron chi connectivity index (χ4n) is 3.16. The van der Waals surface area contributed by atoms with E-state index < -0.39 is 15.9 Å². The number of carbonyl (C=O) groups is 1. The molecule has 9 heteroatoms. The maximum atomic E-state index is 13.4. The molecule has 1 N–H and O–H groups in total. The predicted molar refractivity (Wildman–Crippen MR) is 130 cm³/mol.